The van der Waals surface area contributed by atoms with Crippen molar-refractivity contribution >= 4 is 0 Å². The minimum Gasteiger partial charge on any atom is -0.493 e. The summed E-state index contributed by atoms with van der Waals surface area (Å²) in [6.45, 7) is 8.37. The van der Waals surface area contributed by atoms with E-state index in [1.165, 1.54) is 0 Å². The summed E-state index contributed by atoms with van der Waals surface area (Å²) in [6.07, 6.45) is 0.720. The summed E-state index contributed by atoms with van der Waals surface area (Å²) in [5.74, 6) is 0.869. The van der Waals surface area contributed by atoms with Crippen LogP contribution in [0.4, 0.5) is 0 Å². The minimum atomic E-state index is -0.334. The Bertz CT molecular complexity index is 444. The zero-order chi connectivity index (χ0) is 13.8. The first kappa shape index (κ1) is 14.5. The lowest BCUT2D eigenvalue weighted by atomic mass is 9.92. The summed E-state index contributed by atoms with van der Waals surface area (Å²) in [6, 6.07) is 8.30. The van der Waals surface area contributed by atoms with Gasteiger partial charge in [0.25, 0.3) is 0 Å². The van der Waals surface area contributed by atoms with Gasteiger partial charge >= 0.3 is 0 Å². The molecule has 1 rings (SSSR count). The molecule has 0 fully saturated rings. The van der Waals surface area contributed by atoms with E-state index < -0.39 is 0 Å². The van der Waals surface area contributed by atoms with Crippen LogP contribution in [-0.4, -0.2) is 6.61 Å². The van der Waals surface area contributed by atoms with E-state index in [1.807, 2.05) is 39.8 Å². The van der Waals surface area contributed by atoms with Crippen molar-refractivity contribution in [2.75, 3.05) is 6.61 Å². The Labute approximate surface area is 110 Å². The predicted molar refractivity (Wildman–Crippen MR) is 73.3 cm³/mol. The lowest BCUT2D eigenvalue weighted by Crippen LogP contribution is -2.13. The van der Waals surface area contributed by atoms with Gasteiger partial charge in [0.2, 0.25) is 0 Å². The molecule has 0 bridgehead atoms. The number of nitrogens with two attached hydrogens (primary N) is 1. The second-order valence-electron chi connectivity index (χ2n) is 5.41. The molecule has 2 N–H and O–H groups in total. The fourth-order valence-electron chi connectivity index (χ4n) is 1.59. The molecular weight excluding hydrogens is 224 g/mol. The predicted octanol–water partition coefficient (Wildman–Crippen LogP) is 3.33. The molecule has 98 valence electrons. The highest BCUT2D eigenvalue weighted by molar-refractivity contribution is 5.37. The van der Waals surface area contributed by atoms with E-state index in [1.54, 1.807) is 0 Å². The minimum absolute atomic E-state index is 0.0373. The molecule has 1 atom stereocenters. The molecule has 3 heteroatoms. The SMILES string of the molecule is Cc1cc([C@H](C)N)ccc1OCCC(C)(C)C#N. The quantitative estimate of drug-likeness (QED) is 0.866. The second kappa shape index (κ2) is 5.88. The standard InChI is InChI=1S/C15H22N2O/c1-11-9-13(12(2)17)5-6-14(11)18-8-7-15(3,4)10-16/h5-6,9,12H,7-8,17H2,1-4H3/t12-/m0/s1. The van der Waals surface area contributed by atoms with Gasteiger partial charge in [-0.05, 0) is 51.3 Å². The lowest BCUT2D eigenvalue weighted by molar-refractivity contribution is 0.263. The average molecular weight is 246 g/mol. The van der Waals surface area contributed by atoms with Crippen LogP contribution in [0.1, 0.15) is 44.4 Å². The summed E-state index contributed by atoms with van der Waals surface area (Å²) in [5.41, 5.74) is 7.69. The van der Waals surface area contributed by atoms with E-state index in [0.717, 1.165) is 23.3 Å². The molecule has 0 aliphatic heterocycles. The summed E-state index contributed by atoms with van der Waals surface area (Å²) < 4.78 is 5.72. The third kappa shape index (κ3) is 4.05. The van der Waals surface area contributed by atoms with Crippen molar-refractivity contribution in [3.63, 3.8) is 0 Å². The Balaban J connectivity index is 2.62. The van der Waals surface area contributed by atoms with Crippen molar-refractivity contribution in [1.82, 2.24) is 0 Å². The van der Waals surface area contributed by atoms with Crippen LogP contribution in [0.2, 0.25) is 0 Å². The van der Waals surface area contributed by atoms with E-state index >= 15 is 0 Å². The monoisotopic (exact) mass is 246 g/mol. The highest BCUT2D eigenvalue weighted by Gasteiger charge is 2.16. The van der Waals surface area contributed by atoms with E-state index in [-0.39, 0.29) is 11.5 Å². The summed E-state index contributed by atoms with van der Waals surface area (Å²) in [7, 11) is 0. The van der Waals surface area contributed by atoms with Crippen LogP contribution in [0.3, 0.4) is 0 Å². The van der Waals surface area contributed by atoms with Crippen molar-refractivity contribution < 1.29 is 4.74 Å². The highest BCUT2D eigenvalue weighted by atomic mass is 16.5. The molecule has 0 saturated carbocycles. The van der Waals surface area contributed by atoms with Crippen LogP contribution in [0.15, 0.2) is 18.2 Å². The molecule has 0 unspecified atom stereocenters. The molecule has 1 aromatic carbocycles. The molecule has 0 spiro atoms. The van der Waals surface area contributed by atoms with Crippen LogP contribution in [-0.2, 0) is 0 Å². The fourth-order valence-corrected chi connectivity index (χ4v) is 1.59. The molecule has 0 saturated heterocycles. The number of hydrogen-bond acceptors (Lipinski definition) is 3. The molecule has 18 heavy (non-hydrogen) atoms. The summed E-state index contributed by atoms with van der Waals surface area (Å²) in [5, 5.41) is 8.92. The molecule has 3 nitrogen and oxygen atoms in total. The smallest absolute Gasteiger partial charge is 0.122 e. The number of nitrogens with zero attached hydrogens (tertiary/aromatic N) is 1. The Hall–Kier alpha value is -1.53. The van der Waals surface area contributed by atoms with Crippen LogP contribution >= 0.6 is 0 Å². The third-order valence-corrected chi connectivity index (χ3v) is 3.01. The topological polar surface area (TPSA) is 59.0 Å². The van der Waals surface area contributed by atoms with Gasteiger partial charge in [-0.2, -0.15) is 5.26 Å². The van der Waals surface area contributed by atoms with Crippen molar-refractivity contribution in [2.24, 2.45) is 11.1 Å². The molecule has 1 aromatic rings. The molecule has 0 aliphatic rings. The Morgan fingerprint density at radius 1 is 1.44 bits per heavy atom. The highest BCUT2D eigenvalue weighted by Crippen LogP contribution is 2.24. The molecular formula is C15H22N2O. The van der Waals surface area contributed by atoms with Gasteiger partial charge in [0.05, 0.1) is 18.1 Å². The first-order valence-corrected chi connectivity index (χ1v) is 6.26. The van der Waals surface area contributed by atoms with Gasteiger partial charge in [0, 0.05) is 6.04 Å². The van der Waals surface area contributed by atoms with Gasteiger partial charge in [-0.3, -0.25) is 0 Å². The normalized spacial score (nSPS) is 12.9. The molecule has 0 amide bonds. The van der Waals surface area contributed by atoms with Gasteiger partial charge < -0.3 is 10.5 Å². The van der Waals surface area contributed by atoms with Gasteiger partial charge in [-0.15, -0.1) is 0 Å². The van der Waals surface area contributed by atoms with E-state index in [9.17, 15) is 0 Å². The van der Waals surface area contributed by atoms with Crippen molar-refractivity contribution in [1.29, 1.82) is 5.26 Å². The number of ether oxygens (including phenoxy) is 1. The van der Waals surface area contributed by atoms with Crippen LogP contribution < -0.4 is 10.5 Å². The van der Waals surface area contributed by atoms with Gasteiger partial charge in [0.15, 0.2) is 0 Å². The Morgan fingerprint density at radius 2 is 2.11 bits per heavy atom. The van der Waals surface area contributed by atoms with Gasteiger partial charge in [0.1, 0.15) is 5.75 Å². The first-order chi connectivity index (χ1) is 8.35. The molecule has 0 aliphatic carbocycles. The fraction of sp³-hybridized carbons (Fsp3) is 0.533. The first-order valence-electron chi connectivity index (χ1n) is 6.26. The van der Waals surface area contributed by atoms with E-state index in [0.29, 0.717) is 6.61 Å². The average Bonchev–Trinajstić information content (AvgIpc) is 2.31. The molecule has 0 heterocycles. The van der Waals surface area contributed by atoms with Crippen molar-refractivity contribution in [2.45, 2.75) is 40.2 Å². The maximum absolute atomic E-state index is 8.92. The molecule has 0 aromatic heterocycles. The number of hydrogen-bond donors (Lipinski definition) is 1. The van der Waals surface area contributed by atoms with Gasteiger partial charge in [-0.25, -0.2) is 0 Å². The zero-order valence-corrected chi connectivity index (χ0v) is 11.7. The van der Waals surface area contributed by atoms with Crippen molar-refractivity contribution in [3.05, 3.63) is 29.3 Å². The largest absolute Gasteiger partial charge is 0.493 e. The number of aryl methyl sites for hydroxylation is 1. The summed E-state index contributed by atoms with van der Waals surface area (Å²) in [4.78, 5) is 0. The van der Waals surface area contributed by atoms with Crippen LogP contribution in [0.25, 0.3) is 0 Å². The molecule has 0 radical (unpaired) electrons. The van der Waals surface area contributed by atoms with Gasteiger partial charge in [-0.1, -0.05) is 12.1 Å². The van der Waals surface area contributed by atoms with Crippen molar-refractivity contribution in [3.8, 4) is 11.8 Å². The number of nitriles is 1. The lowest BCUT2D eigenvalue weighted by Gasteiger charge is -2.17. The summed E-state index contributed by atoms with van der Waals surface area (Å²) >= 11 is 0. The third-order valence-electron chi connectivity index (χ3n) is 3.01. The zero-order valence-electron chi connectivity index (χ0n) is 11.7. The van der Waals surface area contributed by atoms with Crippen LogP contribution in [0, 0.1) is 23.7 Å². The van der Waals surface area contributed by atoms with E-state index in [4.69, 9.17) is 15.7 Å². The maximum atomic E-state index is 8.92. The maximum Gasteiger partial charge on any atom is 0.122 e. The Kier molecular flexibility index (Phi) is 4.75. The van der Waals surface area contributed by atoms with Crippen LogP contribution in [0.5, 0.6) is 5.75 Å². The Morgan fingerprint density at radius 3 is 2.61 bits per heavy atom. The number of benzene rings is 1. The second-order valence-corrected chi connectivity index (χ2v) is 5.41. The number of rotatable bonds is 5. The van der Waals surface area contributed by atoms with E-state index in [2.05, 4.69) is 12.1 Å².